The summed E-state index contributed by atoms with van der Waals surface area (Å²) in [5.74, 6) is 1.43. The summed E-state index contributed by atoms with van der Waals surface area (Å²) >= 11 is 7.73. The van der Waals surface area contributed by atoms with Crippen molar-refractivity contribution in [2.45, 2.75) is 38.0 Å². The van der Waals surface area contributed by atoms with E-state index in [1.165, 1.54) is 5.56 Å². The minimum atomic E-state index is 0.470. The third-order valence-corrected chi connectivity index (χ3v) is 4.76. The van der Waals surface area contributed by atoms with Gasteiger partial charge in [0.05, 0.1) is 16.8 Å². The van der Waals surface area contributed by atoms with E-state index in [4.69, 9.17) is 16.0 Å². The highest BCUT2D eigenvalue weighted by Gasteiger charge is 2.11. The largest absolute Gasteiger partial charge is 0.411 e. The molecule has 0 N–H and O–H groups in total. The molecule has 0 amide bonds. The zero-order chi connectivity index (χ0) is 16.8. The Morgan fingerprint density at radius 1 is 1.17 bits per heavy atom. The SMILES string of the molecule is Cc1cnn(CCCCCSc2nnc(-c3ccccc3Cl)o2)c1. The fraction of sp³-hybridized carbons (Fsp3) is 0.353. The molecule has 0 aliphatic heterocycles. The van der Waals surface area contributed by atoms with Gasteiger partial charge in [0.25, 0.3) is 5.22 Å². The van der Waals surface area contributed by atoms with Crippen LogP contribution in [0.15, 0.2) is 46.3 Å². The zero-order valence-electron chi connectivity index (χ0n) is 13.5. The molecule has 2 aromatic heterocycles. The number of benzene rings is 1. The van der Waals surface area contributed by atoms with Gasteiger partial charge in [-0.2, -0.15) is 5.10 Å². The van der Waals surface area contributed by atoms with Crippen LogP contribution in [0.25, 0.3) is 11.5 Å². The summed E-state index contributed by atoms with van der Waals surface area (Å²) in [4.78, 5) is 0. The number of rotatable bonds is 8. The molecule has 0 aliphatic rings. The normalized spacial score (nSPS) is 11.1. The molecule has 0 radical (unpaired) electrons. The predicted octanol–water partition coefficient (Wildman–Crippen LogP) is 4.86. The molecule has 2 heterocycles. The second kappa shape index (κ2) is 8.35. The van der Waals surface area contributed by atoms with Crippen molar-refractivity contribution in [3.63, 3.8) is 0 Å². The van der Waals surface area contributed by atoms with Crippen LogP contribution in [0.5, 0.6) is 0 Å². The Morgan fingerprint density at radius 2 is 2.04 bits per heavy atom. The van der Waals surface area contributed by atoms with Gasteiger partial charge in [-0.3, -0.25) is 4.68 Å². The molecule has 5 nitrogen and oxygen atoms in total. The predicted molar refractivity (Wildman–Crippen MR) is 96.3 cm³/mol. The van der Waals surface area contributed by atoms with Crippen LogP contribution in [0.3, 0.4) is 0 Å². The molecule has 3 aromatic rings. The first-order chi connectivity index (χ1) is 11.7. The third-order valence-electron chi connectivity index (χ3n) is 3.53. The van der Waals surface area contributed by atoms with E-state index in [1.807, 2.05) is 35.1 Å². The van der Waals surface area contributed by atoms with E-state index < -0.39 is 0 Å². The smallest absolute Gasteiger partial charge is 0.276 e. The van der Waals surface area contributed by atoms with Crippen LogP contribution in [0.2, 0.25) is 5.02 Å². The van der Waals surface area contributed by atoms with E-state index in [2.05, 4.69) is 28.4 Å². The highest BCUT2D eigenvalue weighted by Crippen LogP contribution is 2.28. The van der Waals surface area contributed by atoms with E-state index in [9.17, 15) is 0 Å². The molecule has 0 saturated heterocycles. The average molecular weight is 363 g/mol. The van der Waals surface area contributed by atoms with Gasteiger partial charge in [0.15, 0.2) is 0 Å². The van der Waals surface area contributed by atoms with Crippen LogP contribution >= 0.6 is 23.4 Å². The van der Waals surface area contributed by atoms with Crippen LogP contribution in [0.1, 0.15) is 24.8 Å². The fourth-order valence-electron chi connectivity index (χ4n) is 2.31. The van der Waals surface area contributed by atoms with Crippen molar-refractivity contribution >= 4 is 23.4 Å². The molecule has 0 unspecified atom stereocenters. The van der Waals surface area contributed by atoms with Crippen LogP contribution < -0.4 is 0 Å². The van der Waals surface area contributed by atoms with Crippen LogP contribution in [-0.4, -0.2) is 25.7 Å². The van der Waals surface area contributed by atoms with E-state index in [1.54, 1.807) is 11.8 Å². The topological polar surface area (TPSA) is 56.7 Å². The third kappa shape index (κ3) is 4.61. The molecule has 0 spiro atoms. The Balaban J connectivity index is 1.39. The first-order valence-electron chi connectivity index (χ1n) is 7.92. The number of halogens is 1. The second-order valence-electron chi connectivity index (χ2n) is 5.54. The van der Waals surface area contributed by atoms with Gasteiger partial charge in [0, 0.05) is 18.5 Å². The lowest BCUT2D eigenvalue weighted by molar-refractivity contribution is 0.465. The van der Waals surface area contributed by atoms with Gasteiger partial charge in [-0.25, -0.2) is 0 Å². The molecule has 0 bridgehead atoms. The number of thioether (sulfide) groups is 1. The molecular weight excluding hydrogens is 344 g/mol. The minimum absolute atomic E-state index is 0.470. The Bertz CT molecular complexity index is 786. The molecule has 7 heteroatoms. The number of hydrogen-bond donors (Lipinski definition) is 0. The van der Waals surface area contributed by atoms with Crippen LogP contribution in [0, 0.1) is 6.92 Å². The van der Waals surface area contributed by atoms with Gasteiger partial charge in [0.1, 0.15) is 0 Å². The highest BCUT2D eigenvalue weighted by molar-refractivity contribution is 7.99. The van der Waals surface area contributed by atoms with Gasteiger partial charge in [-0.05, 0) is 37.5 Å². The number of unbranched alkanes of at least 4 members (excludes halogenated alkanes) is 2. The minimum Gasteiger partial charge on any atom is -0.411 e. The van der Waals surface area contributed by atoms with Gasteiger partial charge >= 0.3 is 0 Å². The van der Waals surface area contributed by atoms with Crippen molar-refractivity contribution < 1.29 is 4.42 Å². The lowest BCUT2D eigenvalue weighted by atomic mass is 10.2. The summed E-state index contributed by atoms with van der Waals surface area (Å²) in [7, 11) is 0. The molecule has 0 saturated carbocycles. The van der Waals surface area contributed by atoms with Crippen molar-refractivity contribution in [1.82, 2.24) is 20.0 Å². The number of hydrogen-bond acceptors (Lipinski definition) is 5. The van der Waals surface area contributed by atoms with E-state index in [-0.39, 0.29) is 0 Å². The van der Waals surface area contributed by atoms with Gasteiger partial charge in [0.2, 0.25) is 5.89 Å². The van der Waals surface area contributed by atoms with Crippen molar-refractivity contribution in [1.29, 1.82) is 0 Å². The van der Waals surface area contributed by atoms with Crippen molar-refractivity contribution in [3.8, 4) is 11.5 Å². The van der Waals surface area contributed by atoms with E-state index >= 15 is 0 Å². The summed E-state index contributed by atoms with van der Waals surface area (Å²) in [6.45, 7) is 3.02. The van der Waals surface area contributed by atoms with E-state index in [0.29, 0.717) is 16.1 Å². The van der Waals surface area contributed by atoms with Gasteiger partial charge < -0.3 is 4.42 Å². The lowest BCUT2D eigenvalue weighted by Crippen LogP contribution is -1.98. The zero-order valence-corrected chi connectivity index (χ0v) is 15.1. The second-order valence-corrected chi connectivity index (χ2v) is 7.00. The monoisotopic (exact) mass is 362 g/mol. The maximum absolute atomic E-state index is 6.14. The van der Waals surface area contributed by atoms with Gasteiger partial charge in [-0.1, -0.05) is 41.9 Å². The Labute approximate surface area is 150 Å². The van der Waals surface area contributed by atoms with Gasteiger partial charge in [-0.15, -0.1) is 10.2 Å². The quantitative estimate of drug-likeness (QED) is 0.423. The fourth-order valence-corrected chi connectivity index (χ4v) is 3.29. The molecular formula is C17H19ClN4OS. The van der Waals surface area contributed by atoms with Crippen molar-refractivity contribution in [2.75, 3.05) is 5.75 Å². The number of aryl methyl sites for hydroxylation is 2. The van der Waals surface area contributed by atoms with E-state index in [0.717, 1.165) is 37.1 Å². The molecule has 126 valence electrons. The van der Waals surface area contributed by atoms with Crippen molar-refractivity contribution in [3.05, 3.63) is 47.2 Å². The van der Waals surface area contributed by atoms with Crippen LogP contribution in [-0.2, 0) is 6.54 Å². The Morgan fingerprint density at radius 3 is 2.83 bits per heavy atom. The molecule has 24 heavy (non-hydrogen) atoms. The molecule has 0 fully saturated rings. The highest BCUT2D eigenvalue weighted by atomic mass is 35.5. The van der Waals surface area contributed by atoms with Crippen molar-refractivity contribution in [2.24, 2.45) is 0 Å². The standard InChI is InChI=1S/C17H19ClN4OS/c1-13-11-19-22(12-13)9-5-2-6-10-24-17-21-20-16(23-17)14-7-3-4-8-15(14)18/h3-4,7-8,11-12H,2,5-6,9-10H2,1H3. The maximum Gasteiger partial charge on any atom is 0.276 e. The maximum atomic E-state index is 6.14. The Kier molecular flexibility index (Phi) is 5.93. The number of nitrogens with zero attached hydrogens (tertiary/aromatic N) is 4. The first-order valence-corrected chi connectivity index (χ1v) is 9.29. The molecule has 0 aliphatic carbocycles. The average Bonchev–Trinajstić information content (AvgIpc) is 3.20. The Hall–Kier alpha value is -1.79. The first kappa shape index (κ1) is 17.0. The summed E-state index contributed by atoms with van der Waals surface area (Å²) in [6.07, 6.45) is 7.34. The number of aromatic nitrogens is 4. The summed E-state index contributed by atoms with van der Waals surface area (Å²) in [5, 5.41) is 13.6. The van der Waals surface area contributed by atoms with Crippen LogP contribution in [0.4, 0.5) is 0 Å². The summed E-state index contributed by atoms with van der Waals surface area (Å²) in [5.41, 5.74) is 1.98. The molecule has 0 atom stereocenters. The molecule has 3 rings (SSSR count). The summed E-state index contributed by atoms with van der Waals surface area (Å²) in [6, 6.07) is 7.47. The summed E-state index contributed by atoms with van der Waals surface area (Å²) < 4.78 is 7.67. The molecule has 1 aromatic carbocycles. The lowest BCUT2D eigenvalue weighted by Gasteiger charge is -2.01.